The number of ketones is 1. The van der Waals surface area contributed by atoms with Crippen LogP contribution in [0, 0.1) is 11.8 Å². The minimum atomic E-state index is -0.815. The van der Waals surface area contributed by atoms with E-state index >= 15 is 0 Å². The summed E-state index contributed by atoms with van der Waals surface area (Å²) in [5.41, 5.74) is 0. The highest BCUT2D eigenvalue weighted by molar-refractivity contribution is 5.84. The van der Waals surface area contributed by atoms with Crippen LogP contribution in [0.5, 0.6) is 0 Å². The largest absolute Gasteiger partial charge is 0.481 e. The molecule has 4 N–H and O–H groups in total. The van der Waals surface area contributed by atoms with Crippen molar-refractivity contribution in [3.05, 3.63) is 24.3 Å². The van der Waals surface area contributed by atoms with Crippen LogP contribution in [0.3, 0.4) is 0 Å². The standard InChI is InChI=1S/C20H32O6/c1-14(21)7-6-8-15(22)11-12-17-16(18(23)13-19(17)24)9-4-2-3-5-10-20(25)26/h2,4,11-12,14-17,19,21-22,24H,3,5-10,13H2,1H3,(H,25,26). The lowest BCUT2D eigenvalue weighted by Gasteiger charge is -2.16. The normalized spacial score (nSPS) is 26.0. The van der Waals surface area contributed by atoms with E-state index in [0.29, 0.717) is 38.5 Å². The summed E-state index contributed by atoms with van der Waals surface area (Å²) in [6.45, 7) is 1.71. The van der Waals surface area contributed by atoms with Gasteiger partial charge in [0.15, 0.2) is 0 Å². The molecule has 1 fully saturated rings. The molecule has 0 aromatic heterocycles. The molecule has 0 heterocycles. The molecule has 0 saturated heterocycles. The first-order valence-corrected chi connectivity index (χ1v) is 9.43. The number of aliphatic hydroxyl groups excluding tert-OH is 3. The van der Waals surface area contributed by atoms with Crippen LogP contribution in [0.25, 0.3) is 0 Å². The second-order valence-electron chi connectivity index (χ2n) is 7.15. The Morgan fingerprint density at radius 1 is 1.23 bits per heavy atom. The maximum atomic E-state index is 12.1. The third-order valence-electron chi connectivity index (χ3n) is 4.73. The van der Waals surface area contributed by atoms with Crippen molar-refractivity contribution in [2.75, 3.05) is 0 Å². The minimum absolute atomic E-state index is 0.0194. The first-order valence-electron chi connectivity index (χ1n) is 9.43. The predicted molar refractivity (Wildman–Crippen MR) is 98.5 cm³/mol. The molecule has 1 rings (SSSR count). The average Bonchev–Trinajstić information content (AvgIpc) is 2.81. The molecule has 0 bridgehead atoms. The Morgan fingerprint density at radius 2 is 1.96 bits per heavy atom. The van der Waals surface area contributed by atoms with Crippen molar-refractivity contribution in [3.8, 4) is 0 Å². The topological polar surface area (TPSA) is 115 Å². The van der Waals surface area contributed by atoms with Gasteiger partial charge in [0.05, 0.1) is 18.3 Å². The summed E-state index contributed by atoms with van der Waals surface area (Å²) in [6, 6.07) is 0. The van der Waals surface area contributed by atoms with Gasteiger partial charge in [0.2, 0.25) is 0 Å². The Balaban J connectivity index is 2.47. The van der Waals surface area contributed by atoms with Crippen molar-refractivity contribution in [1.82, 2.24) is 0 Å². The van der Waals surface area contributed by atoms with Crippen LogP contribution in [0.4, 0.5) is 0 Å². The molecule has 0 radical (unpaired) electrons. The molecule has 5 unspecified atom stereocenters. The van der Waals surface area contributed by atoms with E-state index in [0.717, 1.165) is 0 Å². The maximum Gasteiger partial charge on any atom is 0.303 e. The lowest BCUT2D eigenvalue weighted by molar-refractivity contribution is -0.137. The van der Waals surface area contributed by atoms with E-state index in [2.05, 4.69) is 0 Å². The van der Waals surface area contributed by atoms with E-state index in [-0.39, 0.29) is 36.6 Å². The van der Waals surface area contributed by atoms with Crippen molar-refractivity contribution in [2.45, 2.75) is 76.6 Å². The molecule has 6 nitrogen and oxygen atoms in total. The van der Waals surface area contributed by atoms with Crippen LogP contribution >= 0.6 is 0 Å². The van der Waals surface area contributed by atoms with Gasteiger partial charge >= 0.3 is 5.97 Å². The lowest BCUT2D eigenvalue weighted by Crippen LogP contribution is -2.18. The number of rotatable bonds is 12. The molecule has 26 heavy (non-hydrogen) atoms. The molecule has 6 heteroatoms. The Labute approximate surface area is 155 Å². The van der Waals surface area contributed by atoms with E-state index in [1.165, 1.54) is 0 Å². The Bertz CT molecular complexity index is 497. The van der Waals surface area contributed by atoms with Gasteiger partial charge in [-0.2, -0.15) is 0 Å². The van der Waals surface area contributed by atoms with Gasteiger partial charge < -0.3 is 20.4 Å². The monoisotopic (exact) mass is 368 g/mol. The fraction of sp³-hybridized carbons (Fsp3) is 0.700. The first kappa shape index (κ1) is 22.5. The molecule has 0 amide bonds. The number of carboxylic acid groups (broad SMARTS) is 1. The molecular formula is C20H32O6. The van der Waals surface area contributed by atoms with Crippen LogP contribution in [0.1, 0.15) is 58.3 Å². The highest BCUT2D eigenvalue weighted by Gasteiger charge is 2.39. The van der Waals surface area contributed by atoms with Crippen molar-refractivity contribution in [3.63, 3.8) is 0 Å². The number of unbranched alkanes of at least 4 members (excludes halogenated alkanes) is 1. The predicted octanol–water partition coefficient (Wildman–Crippen LogP) is 2.22. The average molecular weight is 368 g/mol. The highest BCUT2D eigenvalue weighted by Crippen LogP contribution is 2.33. The lowest BCUT2D eigenvalue weighted by atomic mass is 9.90. The molecule has 0 spiro atoms. The number of carboxylic acids is 1. The zero-order valence-corrected chi connectivity index (χ0v) is 15.5. The minimum Gasteiger partial charge on any atom is -0.481 e. The van der Waals surface area contributed by atoms with Gasteiger partial charge in [-0.1, -0.05) is 24.3 Å². The van der Waals surface area contributed by atoms with Gasteiger partial charge in [-0.3, -0.25) is 9.59 Å². The van der Waals surface area contributed by atoms with E-state index in [9.17, 15) is 24.9 Å². The first-order chi connectivity index (χ1) is 12.3. The number of allylic oxidation sites excluding steroid dienone is 2. The molecule has 0 aliphatic heterocycles. The Hall–Kier alpha value is -1.50. The zero-order valence-electron chi connectivity index (χ0n) is 15.5. The molecule has 1 saturated carbocycles. The van der Waals surface area contributed by atoms with Crippen molar-refractivity contribution >= 4 is 11.8 Å². The molecule has 1 aliphatic rings. The number of aliphatic hydroxyl groups is 3. The molecule has 5 atom stereocenters. The van der Waals surface area contributed by atoms with Gasteiger partial charge in [0, 0.05) is 24.7 Å². The quantitative estimate of drug-likeness (QED) is 0.310. The van der Waals surface area contributed by atoms with Gasteiger partial charge in [-0.15, -0.1) is 0 Å². The van der Waals surface area contributed by atoms with Crippen molar-refractivity contribution < 1.29 is 30.0 Å². The van der Waals surface area contributed by atoms with E-state index < -0.39 is 18.2 Å². The van der Waals surface area contributed by atoms with Gasteiger partial charge in [0.25, 0.3) is 0 Å². The Kier molecular flexibility index (Phi) is 10.4. The van der Waals surface area contributed by atoms with Crippen molar-refractivity contribution in [1.29, 1.82) is 0 Å². The fourth-order valence-corrected chi connectivity index (χ4v) is 3.23. The number of Topliss-reactive ketones (excluding diaryl/α,β-unsaturated/α-hetero) is 1. The number of hydrogen-bond donors (Lipinski definition) is 4. The van der Waals surface area contributed by atoms with Crippen LogP contribution in [-0.2, 0) is 9.59 Å². The molecule has 1 aliphatic carbocycles. The number of carbonyl (C=O) groups is 2. The van der Waals surface area contributed by atoms with Crippen LogP contribution in [-0.4, -0.2) is 50.5 Å². The van der Waals surface area contributed by atoms with Gasteiger partial charge in [-0.05, 0) is 45.4 Å². The summed E-state index contributed by atoms with van der Waals surface area (Å²) in [5, 5.41) is 37.9. The zero-order chi connectivity index (χ0) is 19.5. The van der Waals surface area contributed by atoms with Crippen LogP contribution in [0.2, 0.25) is 0 Å². The fourth-order valence-electron chi connectivity index (χ4n) is 3.23. The van der Waals surface area contributed by atoms with Gasteiger partial charge in [-0.25, -0.2) is 0 Å². The second-order valence-corrected chi connectivity index (χ2v) is 7.15. The SMILES string of the molecule is CC(O)CCCC(O)C=CC1C(O)CC(=O)C1CC=CCCCC(=O)O. The summed E-state index contributed by atoms with van der Waals surface area (Å²) < 4.78 is 0. The van der Waals surface area contributed by atoms with E-state index in [1.54, 1.807) is 19.1 Å². The second kappa shape index (κ2) is 12.0. The molecule has 0 aromatic carbocycles. The summed E-state index contributed by atoms with van der Waals surface area (Å²) in [5.74, 6) is -1.41. The van der Waals surface area contributed by atoms with Gasteiger partial charge in [0.1, 0.15) is 5.78 Å². The molecule has 148 valence electrons. The smallest absolute Gasteiger partial charge is 0.303 e. The van der Waals surface area contributed by atoms with E-state index in [4.69, 9.17) is 5.11 Å². The third-order valence-corrected chi connectivity index (χ3v) is 4.73. The van der Waals surface area contributed by atoms with Crippen molar-refractivity contribution in [2.24, 2.45) is 11.8 Å². The third kappa shape index (κ3) is 8.74. The van der Waals surface area contributed by atoms with Crippen LogP contribution in [0.15, 0.2) is 24.3 Å². The maximum absolute atomic E-state index is 12.1. The summed E-state index contributed by atoms with van der Waals surface area (Å²) in [6.07, 6.45) is 9.23. The molecule has 0 aromatic rings. The number of aliphatic carboxylic acids is 1. The number of hydrogen-bond acceptors (Lipinski definition) is 5. The highest BCUT2D eigenvalue weighted by atomic mass is 16.4. The summed E-state index contributed by atoms with van der Waals surface area (Å²) >= 11 is 0. The summed E-state index contributed by atoms with van der Waals surface area (Å²) in [7, 11) is 0. The van der Waals surface area contributed by atoms with E-state index in [1.807, 2.05) is 12.2 Å². The summed E-state index contributed by atoms with van der Waals surface area (Å²) in [4.78, 5) is 22.6. The number of carbonyl (C=O) groups excluding carboxylic acids is 1. The molecular weight excluding hydrogens is 336 g/mol. The Morgan fingerprint density at radius 3 is 2.62 bits per heavy atom. The van der Waals surface area contributed by atoms with Crippen LogP contribution < -0.4 is 0 Å².